The number of sulfonamides is 1. The van der Waals surface area contributed by atoms with E-state index in [1.165, 1.54) is 18.2 Å². The largest absolute Gasteiger partial charge is 0.505 e. The van der Waals surface area contributed by atoms with Gasteiger partial charge in [-0.2, -0.15) is 39.2 Å². The Kier molecular flexibility index (Phi) is 6.76. The van der Waals surface area contributed by atoms with Crippen molar-refractivity contribution < 1.29 is 44.3 Å². The fourth-order valence-corrected chi connectivity index (χ4v) is 3.56. The molecule has 0 radical (unpaired) electrons. The molecule has 0 amide bonds. The maximum absolute atomic E-state index is 13.7. The van der Waals surface area contributed by atoms with Crippen LogP contribution in [0.3, 0.4) is 0 Å². The minimum atomic E-state index is -6.87. The van der Waals surface area contributed by atoms with Gasteiger partial charge in [0.1, 0.15) is 17.1 Å². The molecule has 2 aromatic carbocycles. The summed E-state index contributed by atoms with van der Waals surface area (Å²) in [5, 5.41) is 11.2. The third-order valence-corrected chi connectivity index (χ3v) is 5.72. The zero-order valence-electron chi connectivity index (χ0n) is 17.3. The lowest BCUT2D eigenvalue weighted by Crippen LogP contribution is -2.57. The van der Waals surface area contributed by atoms with E-state index in [4.69, 9.17) is 0 Å². The molecule has 2 rings (SSSR count). The lowest BCUT2D eigenvalue weighted by Gasteiger charge is -2.28. The van der Waals surface area contributed by atoms with Gasteiger partial charge in [-0.05, 0) is 23.6 Å². The number of phenolic OH excluding ortho intramolecular Hbond substituents is 1. The van der Waals surface area contributed by atoms with Crippen LogP contribution in [0.25, 0.3) is 0 Å². The summed E-state index contributed by atoms with van der Waals surface area (Å²) in [6.45, 7) is 5.39. The molecule has 0 heterocycles. The molecule has 33 heavy (non-hydrogen) atoms. The first-order valence-corrected chi connectivity index (χ1v) is 10.5. The standard InChI is InChI=1S/C19H18F7N3O3S/c1-16(2,3)11-7-6-10-14(15(11)30)28-27-12-8-4-5-9-13(12)29-33(31,32)19(25,26)17(20,21)18(22,23)24/h4-10,29-30H,1-3H3. The highest BCUT2D eigenvalue weighted by Crippen LogP contribution is 2.49. The molecule has 2 aromatic rings. The lowest BCUT2D eigenvalue weighted by atomic mass is 9.86. The third-order valence-electron chi connectivity index (χ3n) is 4.30. The van der Waals surface area contributed by atoms with E-state index in [9.17, 15) is 44.3 Å². The number of phenols is 1. The van der Waals surface area contributed by atoms with Gasteiger partial charge in [0.2, 0.25) is 0 Å². The Bertz CT molecular complexity index is 1160. The van der Waals surface area contributed by atoms with Crippen molar-refractivity contribution in [3.63, 3.8) is 0 Å². The first-order valence-electron chi connectivity index (χ1n) is 9.01. The van der Waals surface area contributed by atoms with Crippen LogP contribution in [0.2, 0.25) is 0 Å². The van der Waals surface area contributed by atoms with Gasteiger partial charge in [-0.1, -0.05) is 45.0 Å². The van der Waals surface area contributed by atoms with Gasteiger partial charge in [0.05, 0.1) is 5.69 Å². The number of halogens is 7. The predicted octanol–water partition coefficient (Wildman–Crippen LogP) is 6.64. The molecule has 0 spiro atoms. The molecule has 6 nitrogen and oxygen atoms in total. The summed E-state index contributed by atoms with van der Waals surface area (Å²) < 4.78 is 116. The van der Waals surface area contributed by atoms with Crippen molar-refractivity contribution in [3.8, 4) is 5.75 Å². The molecule has 2 N–H and O–H groups in total. The van der Waals surface area contributed by atoms with E-state index in [0.717, 1.165) is 22.9 Å². The van der Waals surface area contributed by atoms with Crippen LogP contribution in [0.4, 0.5) is 47.8 Å². The molecule has 0 fully saturated rings. The van der Waals surface area contributed by atoms with Crippen molar-refractivity contribution >= 4 is 27.1 Å². The molecule has 0 aliphatic rings. The number of benzene rings is 2. The smallest absolute Gasteiger partial charge is 0.461 e. The highest BCUT2D eigenvalue weighted by atomic mass is 32.2. The maximum Gasteiger partial charge on any atom is 0.461 e. The number of hydrogen-bond acceptors (Lipinski definition) is 5. The number of aromatic hydroxyl groups is 1. The first-order chi connectivity index (χ1) is 14.8. The van der Waals surface area contributed by atoms with E-state index >= 15 is 0 Å². The molecule has 0 atom stereocenters. The highest BCUT2D eigenvalue weighted by molar-refractivity contribution is 7.93. The second-order valence-corrected chi connectivity index (χ2v) is 9.56. The summed E-state index contributed by atoms with van der Waals surface area (Å²) in [6.07, 6.45) is -6.83. The molecule has 0 aliphatic carbocycles. The molecule has 0 saturated heterocycles. The Morgan fingerprint density at radius 1 is 0.818 bits per heavy atom. The average molecular weight is 501 g/mol. The van der Waals surface area contributed by atoms with E-state index in [1.54, 1.807) is 26.8 Å². The number of anilines is 1. The Hall–Kier alpha value is -2.90. The van der Waals surface area contributed by atoms with Crippen molar-refractivity contribution in [2.45, 2.75) is 43.5 Å². The quantitative estimate of drug-likeness (QED) is 0.344. The van der Waals surface area contributed by atoms with Crippen LogP contribution in [-0.2, 0) is 15.4 Å². The number of azo groups is 1. The van der Waals surface area contributed by atoms with E-state index in [-0.39, 0.29) is 11.4 Å². The second-order valence-electron chi connectivity index (χ2n) is 7.83. The highest BCUT2D eigenvalue weighted by Gasteiger charge is 2.78. The number of para-hydroxylation sites is 2. The van der Waals surface area contributed by atoms with E-state index in [1.807, 2.05) is 0 Å². The van der Waals surface area contributed by atoms with Gasteiger partial charge in [0.15, 0.2) is 0 Å². The van der Waals surface area contributed by atoms with Gasteiger partial charge in [-0.25, -0.2) is 0 Å². The molecule has 0 saturated carbocycles. The van der Waals surface area contributed by atoms with Crippen LogP contribution in [0.1, 0.15) is 26.3 Å². The summed E-state index contributed by atoms with van der Waals surface area (Å²) in [6, 6.07) is 8.65. The second kappa shape index (κ2) is 8.47. The van der Waals surface area contributed by atoms with Crippen LogP contribution in [0, 0.1) is 0 Å². The normalized spacial score (nSPS) is 14.0. The van der Waals surface area contributed by atoms with Crippen molar-refractivity contribution in [3.05, 3.63) is 48.0 Å². The summed E-state index contributed by atoms with van der Waals surface area (Å²) >= 11 is 0. The van der Waals surface area contributed by atoms with E-state index < -0.39 is 44.2 Å². The minimum absolute atomic E-state index is 0.0889. The first kappa shape index (κ1) is 26.4. The molecule has 0 aromatic heterocycles. The zero-order valence-corrected chi connectivity index (χ0v) is 18.1. The lowest BCUT2D eigenvalue weighted by molar-refractivity contribution is -0.332. The number of alkyl halides is 7. The van der Waals surface area contributed by atoms with Crippen LogP contribution in [-0.4, -0.2) is 30.9 Å². The molecule has 182 valence electrons. The summed E-state index contributed by atoms with van der Waals surface area (Å²) in [5.41, 5.74) is -1.45. The minimum Gasteiger partial charge on any atom is -0.505 e. The molecule has 0 aliphatic heterocycles. The van der Waals surface area contributed by atoms with Crippen molar-refractivity contribution in [1.82, 2.24) is 0 Å². The maximum atomic E-state index is 13.7. The summed E-state index contributed by atoms with van der Waals surface area (Å²) in [4.78, 5) is 0. The van der Waals surface area contributed by atoms with Crippen LogP contribution >= 0.6 is 0 Å². The zero-order chi connectivity index (χ0) is 25.5. The SMILES string of the molecule is CC(C)(C)c1cccc(N=Nc2ccccc2NS(=O)(=O)C(F)(F)C(F)(F)C(F)(F)F)c1O. The molecule has 14 heteroatoms. The van der Waals surface area contributed by atoms with Crippen LogP contribution in [0.15, 0.2) is 52.7 Å². The Balaban J connectivity index is 2.46. The monoisotopic (exact) mass is 501 g/mol. The third kappa shape index (κ3) is 5.04. The van der Waals surface area contributed by atoms with Crippen LogP contribution < -0.4 is 4.72 Å². The molecular formula is C19H18F7N3O3S. The molecule has 0 unspecified atom stereocenters. The van der Waals surface area contributed by atoms with E-state index in [0.29, 0.717) is 5.56 Å². The van der Waals surface area contributed by atoms with Gasteiger partial charge >= 0.3 is 27.4 Å². The van der Waals surface area contributed by atoms with Gasteiger partial charge in [0.25, 0.3) is 0 Å². The Morgan fingerprint density at radius 2 is 1.33 bits per heavy atom. The predicted molar refractivity (Wildman–Crippen MR) is 106 cm³/mol. The van der Waals surface area contributed by atoms with Crippen molar-refractivity contribution in [2.75, 3.05) is 4.72 Å². The number of nitrogens with one attached hydrogen (secondary N) is 1. The van der Waals surface area contributed by atoms with E-state index in [2.05, 4.69) is 10.2 Å². The van der Waals surface area contributed by atoms with Gasteiger partial charge in [0, 0.05) is 5.56 Å². The topological polar surface area (TPSA) is 91.1 Å². The van der Waals surface area contributed by atoms with Gasteiger partial charge < -0.3 is 5.11 Å². The number of hydrogen-bond donors (Lipinski definition) is 2. The average Bonchev–Trinajstić information content (AvgIpc) is 2.66. The van der Waals surface area contributed by atoms with Gasteiger partial charge in [-0.15, -0.1) is 10.2 Å². The van der Waals surface area contributed by atoms with Crippen LogP contribution in [0.5, 0.6) is 5.75 Å². The Labute approximate surface area is 184 Å². The molecular weight excluding hydrogens is 483 g/mol. The fourth-order valence-electron chi connectivity index (χ4n) is 2.51. The Morgan fingerprint density at radius 3 is 1.88 bits per heavy atom. The summed E-state index contributed by atoms with van der Waals surface area (Å²) in [5.74, 6) is -7.15. The number of rotatable bonds is 6. The number of nitrogens with zero attached hydrogens (tertiary/aromatic N) is 2. The van der Waals surface area contributed by atoms with Gasteiger partial charge in [-0.3, -0.25) is 4.72 Å². The summed E-state index contributed by atoms with van der Waals surface area (Å²) in [7, 11) is -6.60. The molecule has 0 bridgehead atoms. The fraction of sp³-hybridized carbons (Fsp3) is 0.368. The van der Waals surface area contributed by atoms with Crippen molar-refractivity contribution in [1.29, 1.82) is 0 Å². The van der Waals surface area contributed by atoms with Crippen molar-refractivity contribution in [2.24, 2.45) is 10.2 Å².